The molecule has 0 amide bonds. The van der Waals surface area contributed by atoms with Crippen molar-refractivity contribution >= 4 is 29.6 Å². The van der Waals surface area contributed by atoms with Gasteiger partial charge in [-0.25, -0.2) is 4.79 Å². The maximum absolute atomic E-state index is 13.4. The lowest BCUT2D eigenvalue weighted by molar-refractivity contribution is 0.00653. The zero-order valence-electron chi connectivity index (χ0n) is 22.8. The summed E-state index contributed by atoms with van der Waals surface area (Å²) in [5.41, 5.74) is 3.06. The maximum Gasteiger partial charge on any atom is 0.339 e. The second-order valence-corrected chi connectivity index (χ2v) is 11.5. The number of benzene rings is 2. The minimum Gasteiger partial charge on any atom is -0.490 e. The fourth-order valence-electron chi connectivity index (χ4n) is 3.80. The molecule has 0 aromatic heterocycles. The van der Waals surface area contributed by atoms with Gasteiger partial charge >= 0.3 is 5.97 Å². The summed E-state index contributed by atoms with van der Waals surface area (Å²) in [7, 11) is 0. The molecule has 5 heteroatoms. The van der Waals surface area contributed by atoms with E-state index in [1.54, 1.807) is 23.9 Å². The summed E-state index contributed by atoms with van der Waals surface area (Å²) >= 11 is 1.64. The van der Waals surface area contributed by atoms with Crippen molar-refractivity contribution in [2.45, 2.75) is 90.7 Å². The summed E-state index contributed by atoms with van der Waals surface area (Å²) < 4.78 is 12.1. The predicted molar refractivity (Wildman–Crippen MR) is 147 cm³/mol. The van der Waals surface area contributed by atoms with Gasteiger partial charge in [0.25, 0.3) is 0 Å². The number of esters is 1. The zero-order chi connectivity index (χ0) is 26.5. The molecular formula is C30H40O4S. The van der Waals surface area contributed by atoms with Gasteiger partial charge in [0.2, 0.25) is 0 Å². The molecular weight excluding hydrogens is 456 g/mol. The Morgan fingerprint density at radius 2 is 1.54 bits per heavy atom. The summed E-state index contributed by atoms with van der Waals surface area (Å²) in [6.07, 6.45) is 5.29. The van der Waals surface area contributed by atoms with Crippen molar-refractivity contribution in [2.75, 3.05) is 6.26 Å². The van der Waals surface area contributed by atoms with Crippen molar-refractivity contribution in [3.05, 3.63) is 64.2 Å². The lowest BCUT2D eigenvalue weighted by atomic mass is 9.85. The fourth-order valence-corrected chi connectivity index (χ4v) is 4.21. The molecule has 0 aliphatic rings. The molecule has 4 nitrogen and oxygen atoms in total. The van der Waals surface area contributed by atoms with Gasteiger partial charge in [-0.2, -0.15) is 0 Å². The Bertz CT molecular complexity index is 1070. The SMILES string of the molecule is CSc1ccc(C(=O)/C=C/c2cc(C(C)C)c(C(=O)OC(C)(C)C)c(C(C)C)c2OC(C)C)cc1. The van der Waals surface area contributed by atoms with Crippen molar-refractivity contribution in [2.24, 2.45) is 0 Å². The van der Waals surface area contributed by atoms with Gasteiger partial charge in [-0.1, -0.05) is 27.7 Å². The minimum absolute atomic E-state index is 0.00640. The maximum atomic E-state index is 13.4. The third kappa shape index (κ3) is 7.73. The molecule has 190 valence electrons. The second-order valence-electron chi connectivity index (χ2n) is 10.6. The number of carbonyl (C=O) groups is 2. The Kier molecular flexibility index (Phi) is 9.79. The van der Waals surface area contributed by atoms with Gasteiger partial charge in [0.05, 0.1) is 11.7 Å². The van der Waals surface area contributed by atoms with Gasteiger partial charge < -0.3 is 9.47 Å². The average molecular weight is 497 g/mol. The molecule has 0 fully saturated rings. The van der Waals surface area contributed by atoms with Gasteiger partial charge in [-0.3, -0.25) is 4.79 Å². The number of allylic oxidation sites excluding steroid dienone is 1. The molecule has 0 saturated carbocycles. The Labute approximate surface area is 215 Å². The van der Waals surface area contributed by atoms with Crippen LogP contribution in [0.5, 0.6) is 5.75 Å². The summed E-state index contributed by atoms with van der Waals surface area (Å²) in [6.45, 7) is 17.7. The zero-order valence-corrected chi connectivity index (χ0v) is 23.6. The first-order valence-electron chi connectivity index (χ1n) is 12.2. The van der Waals surface area contributed by atoms with E-state index in [9.17, 15) is 9.59 Å². The summed E-state index contributed by atoms with van der Waals surface area (Å²) in [5, 5.41) is 0. The molecule has 0 aliphatic carbocycles. The van der Waals surface area contributed by atoms with Gasteiger partial charge in [-0.05, 0) is 101 Å². The Balaban J connectivity index is 2.70. The molecule has 2 rings (SSSR count). The first-order valence-corrected chi connectivity index (χ1v) is 13.4. The van der Waals surface area contributed by atoms with Gasteiger partial charge in [0.15, 0.2) is 5.78 Å². The van der Waals surface area contributed by atoms with Crippen LogP contribution < -0.4 is 4.74 Å². The average Bonchev–Trinajstić information content (AvgIpc) is 2.75. The van der Waals surface area contributed by atoms with Crippen molar-refractivity contribution in [1.82, 2.24) is 0 Å². The molecule has 0 atom stereocenters. The first kappa shape index (κ1) is 28.7. The lowest BCUT2D eigenvalue weighted by Gasteiger charge is -2.27. The summed E-state index contributed by atoms with van der Waals surface area (Å²) in [6, 6.07) is 9.54. The monoisotopic (exact) mass is 496 g/mol. The number of ketones is 1. The van der Waals surface area contributed by atoms with Crippen LogP contribution in [-0.2, 0) is 4.74 Å². The van der Waals surface area contributed by atoms with Crippen LogP contribution in [0.25, 0.3) is 6.08 Å². The quantitative estimate of drug-likeness (QED) is 0.151. The lowest BCUT2D eigenvalue weighted by Crippen LogP contribution is -2.26. The largest absolute Gasteiger partial charge is 0.490 e. The fraction of sp³-hybridized carbons (Fsp3) is 0.467. The van der Waals surface area contributed by atoms with Crippen molar-refractivity contribution < 1.29 is 19.1 Å². The molecule has 0 heterocycles. The van der Waals surface area contributed by atoms with E-state index in [1.165, 1.54) is 0 Å². The standard InChI is InChI=1S/C30H40O4S/c1-18(2)24-17-22(13-16-25(31)21-11-14-23(35-10)15-12-21)28(33-20(5)6)26(19(3)4)27(24)29(32)34-30(7,8)9/h11-20H,1-10H3/b16-13+. The second kappa shape index (κ2) is 11.9. The number of hydrogen-bond donors (Lipinski definition) is 0. The third-order valence-electron chi connectivity index (χ3n) is 5.32. The highest BCUT2D eigenvalue weighted by molar-refractivity contribution is 7.98. The van der Waals surface area contributed by atoms with E-state index in [1.807, 2.05) is 85.1 Å². The van der Waals surface area contributed by atoms with Crippen LogP contribution in [0.1, 0.15) is 112 Å². The first-order chi connectivity index (χ1) is 16.2. The van der Waals surface area contributed by atoms with Gasteiger partial charge in [0, 0.05) is 21.6 Å². The van der Waals surface area contributed by atoms with Crippen molar-refractivity contribution in [3.8, 4) is 5.75 Å². The summed E-state index contributed by atoms with van der Waals surface area (Å²) in [4.78, 5) is 27.4. The van der Waals surface area contributed by atoms with Crippen LogP contribution in [0.2, 0.25) is 0 Å². The highest BCUT2D eigenvalue weighted by atomic mass is 32.2. The number of carbonyl (C=O) groups excluding carboxylic acids is 2. The summed E-state index contributed by atoms with van der Waals surface area (Å²) in [5.74, 6) is 0.277. The Morgan fingerprint density at radius 1 is 0.943 bits per heavy atom. The van der Waals surface area contributed by atoms with E-state index in [2.05, 4.69) is 13.8 Å². The molecule has 0 spiro atoms. The van der Waals surface area contributed by atoms with Crippen molar-refractivity contribution in [1.29, 1.82) is 0 Å². The van der Waals surface area contributed by atoms with E-state index in [-0.39, 0.29) is 29.7 Å². The van der Waals surface area contributed by atoms with E-state index in [0.29, 0.717) is 16.9 Å². The van der Waals surface area contributed by atoms with E-state index in [4.69, 9.17) is 9.47 Å². The number of rotatable bonds is 9. The van der Waals surface area contributed by atoms with E-state index >= 15 is 0 Å². The molecule has 0 unspecified atom stereocenters. The van der Waals surface area contributed by atoms with E-state index < -0.39 is 5.60 Å². The minimum atomic E-state index is -0.616. The highest BCUT2D eigenvalue weighted by Crippen LogP contribution is 2.40. The molecule has 0 N–H and O–H groups in total. The predicted octanol–water partition coefficient (Wildman–Crippen LogP) is 8.29. The molecule has 0 radical (unpaired) electrons. The van der Waals surface area contributed by atoms with Gasteiger partial charge in [-0.15, -0.1) is 11.8 Å². The van der Waals surface area contributed by atoms with Crippen LogP contribution in [0, 0.1) is 0 Å². The molecule has 0 saturated heterocycles. The molecule has 0 aliphatic heterocycles. The molecule has 35 heavy (non-hydrogen) atoms. The van der Waals surface area contributed by atoms with Crippen LogP contribution in [0.3, 0.4) is 0 Å². The smallest absolute Gasteiger partial charge is 0.339 e. The van der Waals surface area contributed by atoms with Crippen LogP contribution in [-0.4, -0.2) is 29.7 Å². The highest BCUT2D eigenvalue weighted by Gasteiger charge is 2.30. The normalized spacial score (nSPS) is 12.1. The third-order valence-corrected chi connectivity index (χ3v) is 6.06. The van der Waals surface area contributed by atoms with Crippen LogP contribution in [0.4, 0.5) is 0 Å². The van der Waals surface area contributed by atoms with Crippen molar-refractivity contribution in [3.63, 3.8) is 0 Å². The number of hydrogen-bond acceptors (Lipinski definition) is 5. The van der Waals surface area contributed by atoms with Gasteiger partial charge in [0.1, 0.15) is 11.4 Å². The Morgan fingerprint density at radius 3 is 2.00 bits per heavy atom. The van der Waals surface area contributed by atoms with Crippen LogP contribution >= 0.6 is 11.8 Å². The number of thioether (sulfide) groups is 1. The molecule has 0 bridgehead atoms. The molecule has 2 aromatic carbocycles. The van der Waals surface area contributed by atoms with E-state index in [0.717, 1.165) is 21.6 Å². The number of ether oxygens (including phenoxy) is 2. The molecule has 2 aromatic rings. The van der Waals surface area contributed by atoms with Crippen LogP contribution in [0.15, 0.2) is 41.3 Å². The Hall–Kier alpha value is -2.53. The topological polar surface area (TPSA) is 52.6 Å².